The largest absolute Gasteiger partial charge is 0.394 e. The van der Waals surface area contributed by atoms with E-state index >= 15 is 0 Å². The third kappa shape index (κ3) is 5.21. The molecule has 0 aliphatic carbocycles. The molecule has 2 amide bonds. The number of pyridine rings is 1. The molecule has 2 atom stereocenters. The topological polar surface area (TPSA) is 91.8 Å². The fraction of sp³-hybridized carbons (Fsp3) is 0.208. The zero-order valence-corrected chi connectivity index (χ0v) is 17.4. The predicted octanol–water partition coefficient (Wildman–Crippen LogP) is 3.07. The van der Waals surface area contributed by atoms with E-state index in [1.807, 2.05) is 6.07 Å². The van der Waals surface area contributed by atoms with Crippen molar-refractivity contribution in [2.24, 2.45) is 0 Å². The van der Waals surface area contributed by atoms with Gasteiger partial charge in [-0.1, -0.05) is 18.2 Å². The number of carbonyl (C=O) groups excluding carboxylic acids is 2. The molecule has 1 aromatic heterocycles. The monoisotopic (exact) mass is 453 g/mol. The highest BCUT2D eigenvalue weighted by molar-refractivity contribution is 6.04. The van der Waals surface area contributed by atoms with Gasteiger partial charge in [0.2, 0.25) is 5.91 Å². The molecule has 4 rings (SSSR count). The van der Waals surface area contributed by atoms with E-state index in [1.165, 1.54) is 0 Å². The molecule has 2 aromatic carbocycles. The molecular weight excluding hydrogens is 432 g/mol. The number of aromatic nitrogens is 1. The van der Waals surface area contributed by atoms with E-state index in [1.54, 1.807) is 47.6 Å². The molecule has 0 spiro atoms. The van der Waals surface area contributed by atoms with Gasteiger partial charge in [-0.25, -0.2) is 8.78 Å². The predicted molar refractivity (Wildman–Crippen MR) is 115 cm³/mol. The van der Waals surface area contributed by atoms with Crippen LogP contribution in [0.1, 0.15) is 27.6 Å². The fourth-order valence-electron chi connectivity index (χ4n) is 3.75. The number of aliphatic hydroxyl groups excluding tert-OH is 1. The molecule has 1 aliphatic rings. The number of aliphatic hydroxyl groups is 1. The van der Waals surface area contributed by atoms with E-state index in [2.05, 4.69) is 10.3 Å². The summed E-state index contributed by atoms with van der Waals surface area (Å²) in [6, 6.07) is 12.2. The van der Waals surface area contributed by atoms with E-state index in [4.69, 9.17) is 4.74 Å². The minimum atomic E-state index is -0.842. The number of ether oxygens (including phenoxy) is 1. The third-order valence-corrected chi connectivity index (χ3v) is 5.34. The number of halogens is 2. The molecule has 2 heterocycles. The van der Waals surface area contributed by atoms with Gasteiger partial charge < -0.3 is 20.1 Å². The maximum Gasteiger partial charge on any atom is 0.255 e. The minimum absolute atomic E-state index is 0.134. The average Bonchev–Trinajstić information content (AvgIpc) is 2.81. The summed E-state index contributed by atoms with van der Waals surface area (Å²) < 4.78 is 32.5. The first-order valence-corrected chi connectivity index (χ1v) is 10.2. The lowest BCUT2D eigenvalue weighted by molar-refractivity contribution is -0.162. The highest BCUT2D eigenvalue weighted by Gasteiger charge is 2.37. The summed E-state index contributed by atoms with van der Waals surface area (Å²) in [4.78, 5) is 30.4. The zero-order valence-electron chi connectivity index (χ0n) is 17.4. The van der Waals surface area contributed by atoms with Crippen LogP contribution >= 0.6 is 0 Å². The Morgan fingerprint density at radius 2 is 1.88 bits per heavy atom. The van der Waals surface area contributed by atoms with Crippen LogP contribution in [0.2, 0.25) is 0 Å². The van der Waals surface area contributed by atoms with Crippen LogP contribution < -0.4 is 5.32 Å². The molecule has 170 valence electrons. The molecular formula is C24H21F2N3O4. The van der Waals surface area contributed by atoms with Crippen molar-refractivity contribution >= 4 is 17.5 Å². The number of benzene rings is 2. The molecule has 2 unspecified atom stereocenters. The normalized spacial score (nSPS) is 18.3. The van der Waals surface area contributed by atoms with Crippen molar-refractivity contribution in [2.75, 3.05) is 18.5 Å². The Morgan fingerprint density at radius 3 is 2.52 bits per heavy atom. The standard InChI is InChI=1S/C24H21F2N3O4/c25-18-8-17(9-19(26)10-18)24(32)28-20-5-3-16(4-6-20)23-21(13-30)29(22(31)14-33-23)12-15-2-1-7-27-11-15/h1-11,21,23,30H,12-14H2,(H,28,32). The van der Waals surface area contributed by atoms with E-state index < -0.39 is 29.7 Å². The van der Waals surface area contributed by atoms with Gasteiger partial charge in [0.15, 0.2) is 0 Å². The number of nitrogens with zero attached hydrogens (tertiary/aromatic N) is 2. The lowest BCUT2D eigenvalue weighted by atomic mass is 9.98. The van der Waals surface area contributed by atoms with Gasteiger partial charge >= 0.3 is 0 Å². The summed E-state index contributed by atoms with van der Waals surface area (Å²) in [5.41, 5.74) is 1.80. The Morgan fingerprint density at radius 1 is 1.15 bits per heavy atom. The maximum atomic E-state index is 13.4. The van der Waals surface area contributed by atoms with Crippen LogP contribution in [0.3, 0.4) is 0 Å². The van der Waals surface area contributed by atoms with Gasteiger partial charge in [-0.15, -0.1) is 0 Å². The number of carbonyl (C=O) groups is 2. The Hall–Kier alpha value is -3.69. The molecule has 33 heavy (non-hydrogen) atoms. The molecule has 1 aliphatic heterocycles. The van der Waals surface area contributed by atoms with Crippen LogP contribution in [0.15, 0.2) is 67.0 Å². The zero-order chi connectivity index (χ0) is 23.4. The molecule has 9 heteroatoms. The van der Waals surface area contributed by atoms with Gasteiger partial charge in [-0.3, -0.25) is 14.6 Å². The second-order valence-electron chi connectivity index (χ2n) is 7.60. The summed E-state index contributed by atoms with van der Waals surface area (Å²) in [5, 5.41) is 12.6. The Bertz CT molecular complexity index is 1120. The molecule has 0 saturated carbocycles. The lowest BCUT2D eigenvalue weighted by Gasteiger charge is -2.40. The first-order valence-electron chi connectivity index (χ1n) is 10.2. The second-order valence-corrected chi connectivity index (χ2v) is 7.60. The van der Waals surface area contributed by atoms with Crippen LogP contribution in [0.25, 0.3) is 0 Å². The van der Waals surface area contributed by atoms with Crippen LogP contribution in [0.4, 0.5) is 14.5 Å². The van der Waals surface area contributed by atoms with Crippen LogP contribution in [0, 0.1) is 11.6 Å². The van der Waals surface area contributed by atoms with Crippen LogP contribution in [-0.4, -0.2) is 46.1 Å². The van der Waals surface area contributed by atoms with Crippen molar-refractivity contribution in [1.82, 2.24) is 9.88 Å². The van der Waals surface area contributed by atoms with Gasteiger partial charge in [-0.2, -0.15) is 0 Å². The molecule has 1 saturated heterocycles. The van der Waals surface area contributed by atoms with Crippen LogP contribution in [-0.2, 0) is 16.1 Å². The number of hydrogen-bond acceptors (Lipinski definition) is 5. The summed E-state index contributed by atoms with van der Waals surface area (Å²) in [7, 11) is 0. The van der Waals surface area contributed by atoms with E-state index in [9.17, 15) is 23.5 Å². The second kappa shape index (κ2) is 9.85. The SMILES string of the molecule is O=C(Nc1ccc(C2OCC(=O)N(Cc3cccnc3)C2CO)cc1)c1cc(F)cc(F)c1. The summed E-state index contributed by atoms with van der Waals surface area (Å²) >= 11 is 0. The van der Waals surface area contributed by atoms with Crippen molar-refractivity contribution < 1.29 is 28.2 Å². The number of hydrogen-bond donors (Lipinski definition) is 2. The summed E-state index contributed by atoms with van der Waals surface area (Å²) in [5.74, 6) is -2.58. The van der Waals surface area contributed by atoms with Crippen LogP contribution in [0.5, 0.6) is 0 Å². The van der Waals surface area contributed by atoms with E-state index in [0.717, 1.165) is 17.7 Å². The molecule has 2 N–H and O–H groups in total. The number of rotatable bonds is 6. The van der Waals surface area contributed by atoms with Crippen molar-refractivity contribution in [1.29, 1.82) is 0 Å². The highest BCUT2D eigenvalue weighted by atomic mass is 19.1. The molecule has 0 bridgehead atoms. The Kier molecular flexibility index (Phi) is 6.71. The minimum Gasteiger partial charge on any atom is -0.394 e. The molecule has 0 radical (unpaired) electrons. The van der Waals surface area contributed by atoms with Gasteiger partial charge in [0.1, 0.15) is 24.3 Å². The van der Waals surface area contributed by atoms with Gasteiger partial charge in [0.05, 0.1) is 12.6 Å². The number of anilines is 1. The lowest BCUT2D eigenvalue weighted by Crippen LogP contribution is -2.52. The maximum absolute atomic E-state index is 13.4. The third-order valence-electron chi connectivity index (χ3n) is 5.34. The van der Waals surface area contributed by atoms with Crippen molar-refractivity contribution in [2.45, 2.75) is 18.7 Å². The quantitative estimate of drug-likeness (QED) is 0.599. The summed E-state index contributed by atoms with van der Waals surface area (Å²) in [6.45, 7) is -0.151. The first kappa shape index (κ1) is 22.5. The van der Waals surface area contributed by atoms with Crippen molar-refractivity contribution in [3.63, 3.8) is 0 Å². The number of amides is 2. The Balaban J connectivity index is 1.49. The molecule has 1 fully saturated rings. The fourth-order valence-corrected chi connectivity index (χ4v) is 3.75. The van der Waals surface area contributed by atoms with E-state index in [0.29, 0.717) is 17.3 Å². The smallest absolute Gasteiger partial charge is 0.255 e. The van der Waals surface area contributed by atoms with Crippen molar-refractivity contribution in [3.05, 3.63) is 95.3 Å². The average molecular weight is 453 g/mol. The highest BCUT2D eigenvalue weighted by Crippen LogP contribution is 2.31. The van der Waals surface area contributed by atoms with Gasteiger partial charge in [-0.05, 0) is 41.5 Å². The Labute approximate surface area is 188 Å². The molecule has 7 nitrogen and oxygen atoms in total. The summed E-state index contributed by atoms with van der Waals surface area (Å²) in [6.07, 6.45) is 2.72. The number of nitrogens with one attached hydrogen (secondary N) is 1. The van der Waals surface area contributed by atoms with E-state index in [-0.39, 0.29) is 31.2 Å². The molecule has 3 aromatic rings. The van der Waals surface area contributed by atoms with Gasteiger partial charge in [0.25, 0.3) is 5.91 Å². The van der Waals surface area contributed by atoms with Crippen molar-refractivity contribution in [3.8, 4) is 0 Å². The number of morpholine rings is 1. The first-order chi connectivity index (χ1) is 15.9. The van der Waals surface area contributed by atoms with Gasteiger partial charge in [0, 0.05) is 36.3 Å².